The molecule has 0 aliphatic carbocycles. The van der Waals surface area contributed by atoms with Crippen molar-refractivity contribution >= 4 is 22.7 Å². The molecular weight excluding hydrogens is 423 g/mol. The highest BCUT2D eigenvalue weighted by molar-refractivity contribution is 6.07. The third kappa shape index (κ3) is 3.80. The van der Waals surface area contributed by atoms with E-state index >= 15 is 0 Å². The lowest BCUT2D eigenvalue weighted by atomic mass is 9.89. The van der Waals surface area contributed by atoms with Gasteiger partial charge in [-0.05, 0) is 65.9 Å². The summed E-state index contributed by atoms with van der Waals surface area (Å²) in [4.78, 5) is 28.8. The molecule has 0 spiro atoms. The molecule has 0 bridgehead atoms. The van der Waals surface area contributed by atoms with Gasteiger partial charge < -0.3 is 15.0 Å². The first-order valence-electron chi connectivity index (χ1n) is 10.5. The number of fused-ring (bicyclic) bond motifs is 1. The van der Waals surface area contributed by atoms with Crippen LogP contribution in [0.3, 0.4) is 0 Å². The summed E-state index contributed by atoms with van der Waals surface area (Å²) in [5, 5.41) is 17.2. The second kappa shape index (κ2) is 8.05. The van der Waals surface area contributed by atoms with Crippen molar-refractivity contribution in [3.63, 3.8) is 0 Å². The van der Waals surface area contributed by atoms with Gasteiger partial charge in [-0.2, -0.15) is 0 Å². The lowest BCUT2D eigenvalue weighted by Gasteiger charge is -2.27. The van der Waals surface area contributed by atoms with Crippen LogP contribution in [-0.4, -0.2) is 26.6 Å². The lowest BCUT2D eigenvalue weighted by molar-refractivity contribution is -0.124. The van der Waals surface area contributed by atoms with E-state index in [1.54, 1.807) is 18.6 Å². The molecule has 33 heavy (non-hydrogen) atoms. The molecular formula is C25H21FN4O3. The Balaban J connectivity index is 1.47. The van der Waals surface area contributed by atoms with Gasteiger partial charge in [0.2, 0.25) is 0 Å². The Bertz CT molecular complexity index is 1350. The van der Waals surface area contributed by atoms with E-state index in [1.807, 2.05) is 30.3 Å². The summed E-state index contributed by atoms with van der Waals surface area (Å²) >= 11 is 0. The number of hydrogen-bond acceptors (Lipinski definition) is 4. The number of aromatic hydroxyl groups is 1. The van der Waals surface area contributed by atoms with Crippen LogP contribution in [0.15, 0.2) is 73.2 Å². The number of nitrogens with zero attached hydrogens (tertiary/aromatic N) is 2. The van der Waals surface area contributed by atoms with Crippen LogP contribution in [0.4, 0.5) is 9.18 Å². The van der Waals surface area contributed by atoms with Gasteiger partial charge in [0.05, 0.1) is 6.54 Å². The minimum Gasteiger partial charge on any atom is -0.494 e. The van der Waals surface area contributed by atoms with Gasteiger partial charge in [0.15, 0.2) is 11.4 Å². The second-order valence-electron chi connectivity index (χ2n) is 8.18. The zero-order chi connectivity index (χ0) is 23.0. The van der Waals surface area contributed by atoms with Crippen molar-refractivity contribution in [2.45, 2.75) is 24.9 Å². The Morgan fingerprint density at radius 1 is 0.970 bits per heavy atom. The predicted octanol–water partition coefficient (Wildman–Crippen LogP) is 3.40. The summed E-state index contributed by atoms with van der Waals surface area (Å²) in [7, 11) is 0. The summed E-state index contributed by atoms with van der Waals surface area (Å²) in [5.41, 5.74) is 1.25. The van der Waals surface area contributed by atoms with Gasteiger partial charge in [-0.15, -0.1) is 0 Å². The predicted molar refractivity (Wildman–Crippen MR) is 120 cm³/mol. The van der Waals surface area contributed by atoms with E-state index in [4.69, 9.17) is 0 Å². The number of aryl methyl sites for hydroxylation is 2. The van der Waals surface area contributed by atoms with Crippen molar-refractivity contribution in [1.29, 1.82) is 0 Å². The molecule has 1 aliphatic rings. The highest BCUT2D eigenvalue weighted by Crippen LogP contribution is 2.34. The van der Waals surface area contributed by atoms with Crippen molar-refractivity contribution in [2.75, 3.05) is 0 Å². The first-order valence-corrected chi connectivity index (χ1v) is 10.5. The molecule has 4 aromatic rings. The van der Waals surface area contributed by atoms with Crippen LogP contribution < -0.4 is 10.6 Å². The van der Waals surface area contributed by atoms with Crippen LogP contribution in [0.5, 0.6) is 5.88 Å². The number of rotatable bonds is 6. The van der Waals surface area contributed by atoms with E-state index < -0.39 is 23.3 Å². The standard InChI is InChI=1S/C25H21FN4O3/c26-20-6-4-19(5-7-20)25(23(32)28-24(33)29-25)15-30-14-18-13-17(3-8-21(18)22(30)31)2-1-16-9-11-27-12-10-16/h3-14,31H,1-2,15H2,(H2,28,29,32,33). The third-order valence-corrected chi connectivity index (χ3v) is 6.06. The fourth-order valence-electron chi connectivity index (χ4n) is 4.31. The number of imide groups is 1. The van der Waals surface area contributed by atoms with Crippen molar-refractivity contribution in [2.24, 2.45) is 0 Å². The maximum atomic E-state index is 13.5. The molecule has 3 amide bonds. The van der Waals surface area contributed by atoms with Crippen LogP contribution in [0.2, 0.25) is 0 Å². The molecule has 166 valence electrons. The van der Waals surface area contributed by atoms with E-state index in [1.165, 1.54) is 34.4 Å². The van der Waals surface area contributed by atoms with E-state index in [0.717, 1.165) is 23.8 Å². The van der Waals surface area contributed by atoms with Gasteiger partial charge in [0, 0.05) is 29.4 Å². The molecule has 3 heterocycles. The van der Waals surface area contributed by atoms with Crippen molar-refractivity contribution < 1.29 is 19.1 Å². The van der Waals surface area contributed by atoms with Crippen LogP contribution >= 0.6 is 0 Å². The molecule has 7 nitrogen and oxygen atoms in total. The third-order valence-electron chi connectivity index (χ3n) is 6.06. The molecule has 2 aromatic carbocycles. The molecule has 1 unspecified atom stereocenters. The average Bonchev–Trinajstić information content (AvgIpc) is 3.28. The van der Waals surface area contributed by atoms with Gasteiger partial charge in [0.25, 0.3) is 5.91 Å². The molecule has 2 aromatic heterocycles. The number of aromatic nitrogens is 2. The number of amides is 3. The topological polar surface area (TPSA) is 96.2 Å². The molecule has 5 rings (SSSR count). The zero-order valence-electron chi connectivity index (χ0n) is 17.6. The number of pyridine rings is 1. The SMILES string of the molecule is O=C1NC(=O)C(Cn2cc3cc(CCc4ccncc4)ccc3c2O)(c2ccc(F)cc2)N1. The second-order valence-corrected chi connectivity index (χ2v) is 8.18. The summed E-state index contributed by atoms with van der Waals surface area (Å²) in [5.74, 6) is -1.03. The Morgan fingerprint density at radius 3 is 2.39 bits per heavy atom. The smallest absolute Gasteiger partial charge is 0.322 e. The summed E-state index contributed by atoms with van der Waals surface area (Å²) in [6, 6.07) is 14.5. The van der Waals surface area contributed by atoms with Gasteiger partial charge in [0.1, 0.15) is 5.82 Å². The number of hydrogen-bond donors (Lipinski definition) is 3. The number of benzene rings is 2. The van der Waals surface area contributed by atoms with Crippen LogP contribution in [0.25, 0.3) is 10.8 Å². The molecule has 0 saturated carbocycles. The van der Waals surface area contributed by atoms with E-state index in [-0.39, 0.29) is 12.4 Å². The minimum absolute atomic E-state index is 0.0129. The Labute approximate surface area is 188 Å². The van der Waals surface area contributed by atoms with Gasteiger partial charge >= 0.3 is 6.03 Å². The molecule has 1 atom stereocenters. The zero-order valence-corrected chi connectivity index (χ0v) is 17.6. The highest BCUT2D eigenvalue weighted by Gasteiger charge is 2.48. The fourth-order valence-corrected chi connectivity index (χ4v) is 4.31. The monoisotopic (exact) mass is 444 g/mol. The van der Waals surface area contributed by atoms with Gasteiger partial charge in [-0.1, -0.05) is 18.2 Å². The minimum atomic E-state index is -1.47. The largest absolute Gasteiger partial charge is 0.494 e. The van der Waals surface area contributed by atoms with Crippen LogP contribution in [0, 0.1) is 5.82 Å². The number of halogens is 1. The number of urea groups is 1. The Hall–Kier alpha value is -4.20. The van der Waals surface area contributed by atoms with E-state index in [9.17, 15) is 19.1 Å². The Kier molecular flexibility index (Phi) is 5.05. The molecule has 3 N–H and O–H groups in total. The lowest BCUT2D eigenvalue weighted by Crippen LogP contribution is -2.47. The average molecular weight is 444 g/mol. The van der Waals surface area contributed by atoms with Crippen LogP contribution in [0.1, 0.15) is 16.7 Å². The Morgan fingerprint density at radius 2 is 1.70 bits per heavy atom. The van der Waals surface area contributed by atoms with Gasteiger partial charge in [-0.25, -0.2) is 9.18 Å². The summed E-state index contributed by atoms with van der Waals surface area (Å²) < 4.78 is 15.0. The quantitative estimate of drug-likeness (QED) is 0.397. The number of carbonyl (C=O) groups is 2. The highest BCUT2D eigenvalue weighted by atomic mass is 19.1. The first-order chi connectivity index (χ1) is 15.9. The maximum Gasteiger partial charge on any atom is 0.322 e. The van der Waals surface area contributed by atoms with E-state index in [2.05, 4.69) is 15.6 Å². The summed E-state index contributed by atoms with van der Waals surface area (Å²) in [6.07, 6.45) is 6.98. The normalized spacial score (nSPS) is 17.8. The fraction of sp³-hybridized carbons (Fsp3) is 0.160. The first kappa shape index (κ1) is 20.7. The van der Waals surface area contributed by atoms with Gasteiger partial charge in [-0.3, -0.25) is 15.1 Å². The van der Waals surface area contributed by atoms with E-state index in [0.29, 0.717) is 10.9 Å². The van der Waals surface area contributed by atoms with Crippen LogP contribution in [-0.2, 0) is 29.7 Å². The van der Waals surface area contributed by atoms with Crippen molar-refractivity contribution in [1.82, 2.24) is 20.2 Å². The number of carbonyl (C=O) groups excluding carboxylic acids is 2. The summed E-state index contributed by atoms with van der Waals surface area (Å²) in [6.45, 7) is -0.0525. The molecule has 1 saturated heterocycles. The van der Waals surface area contributed by atoms with Crippen molar-refractivity contribution in [3.05, 3.63) is 95.7 Å². The van der Waals surface area contributed by atoms with Crippen molar-refractivity contribution in [3.8, 4) is 5.88 Å². The molecule has 0 radical (unpaired) electrons. The number of nitrogens with one attached hydrogen (secondary N) is 2. The maximum absolute atomic E-state index is 13.5. The molecule has 1 fully saturated rings. The molecule has 8 heteroatoms. The molecule has 1 aliphatic heterocycles.